The Morgan fingerprint density at radius 1 is 0.857 bits per heavy atom. The summed E-state index contributed by atoms with van der Waals surface area (Å²) in [5, 5.41) is 11.5. The number of carbonyl (C=O) groups is 2. The molecule has 1 N–H and O–H groups in total. The van der Waals surface area contributed by atoms with Crippen LogP contribution in [-0.2, 0) is 0 Å². The van der Waals surface area contributed by atoms with E-state index in [1.165, 1.54) is 19.3 Å². The highest BCUT2D eigenvalue weighted by molar-refractivity contribution is 5.94. The number of piperazine rings is 1. The molecular formula is C27H31N5O3. The van der Waals surface area contributed by atoms with Gasteiger partial charge in [-0.2, -0.15) is 0 Å². The normalized spacial score (nSPS) is 16.8. The first kappa shape index (κ1) is 23.1. The second kappa shape index (κ2) is 10.3. The van der Waals surface area contributed by atoms with Crippen molar-refractivity contribution < 1.29 is 14.0 Å². The van der Waals surface area contributed by atoms with Crippen LogP contribution in [0.3, 0.4) is 0 Å². The quantitative estimate of drug-likeness (QED) is 0.602. The Balaban J connectivity index is 1.17. The van der Waals surface area contributed by atoms with E-state index in [2.05, 4.69) is 15.5 Å². The summed E-state index contributed by atoms with van der Waals surface area (Å²) in [6.45, 7) is 4.17. The van der Waals surface area contributed by atoms with Gasteiger partial charge in [-0.3, -0.25) is 4.79 Å². The van der Waals surface area contributed by atoms with Crippen LogP contribution < -0.4 is 5.32 Å². The first-order valence-electron chi connectivity index (χ1n) is 12.4. The van der Waals surface area contributed by atoms with Gasteiger partial charge in [-0.1, -0.05) is 37.0 Å². The molecule has 182 valence electrons. The Bertz CT molecular complexity index is 1180. The van der Waals surface area contributed by atoms with Gasteiger partial charge in [0.05, 0.1) is 0 Å². The summed E-state index contributed by atoms with van der Waals surface area (Å²) in [4.78, 5) is 29.2. The van der Waals surface area contributed by atoms with Crippen molar-refractivity contribution in [3.63, 3.8) is 0 Å². The molecule has 3 aromatic rings. The molecule has 1 aliphatic carbocycles. The second-order valence-corrected chi connectivity index (χ2v) is 9.42. The molecule has 8 nitrogen and oxygen atoms in total. The number of aryl methyl sites for hydroxylation is 1. The van der Waals surface area contributed by atoms with Gasteiger partial charge in [0.2, 0.25) is 11.8 Å². The third-order valence-corrected chi connectivity index (χ3v) is 6.86. The van der Waals surface area contributed by atoms with Gasteiger partial charge in [-0.25, -0.2) is 4.79 Å². The van der Waals surface area contributed by atoms with E-state index >= 15 is 0 Å². The minimum absolute atomic E-state index is 0.00191. The Hall–Kier alpha value is -3.68. The monoisotopic (exact) mass is 473 g/mol. The minimum Gasteiger partial charge on any atom is -0.416 e. The van der Waals surface area contributed by atoms with Crippen LogP contribution in [0.25, 0.3) is 22.9 Å². The molecule has 0 spiro atoms. The molecule has 35 heavy (non-hydrogen) atoms. The molecule has 0 bridgehead atoms. The summed E-state index contributed by atoms with van der Waals surface area (Å²) >= 11 is 0. The summed E-state index contributed by atoms with van der Waals surface area (Å²) in [5.74, 6) is 0.849. The molecular weight excluding hydrogens is 442 g/mol. The van der Waals surface area contributed by atoms with Gasteiger partial charge in [0.25, 0.3) is 5.91 Å². The van der Waals surface area contributed by atoms with Crippen LogP contribution in [0.15, 0.2) is 52.9 Å². The highest BCUT2D eigenvalue weighted by Crippen LogP contribution is 2.25. The number of nitrogens with zero attached hydrogens (tertiary/aromatic N) is 4. The zero-order valence-corrected chi connectivity index (χ0v) is 20.1. The van der Waals surface area contributed by atoms with Gasteiger partial charge in [0.15, 0.2) is 0 Å². The van der Waals surface area contributed by atoms with Crippen molar-refractivity contribution in [3.8, 4) is 22.9 Å². The molecule has 5 rings (SSSR count). The minimum atomic E-state index is -0.0325. The van der Waals surface area contributed by atoms with Gasteiger partial charge >= 0.3 is 6.03 Å². The zero-order chi connectivity index (χ0) is 24.2. The van der Waals surface area contributed by atoms with E-state index in [0.717, 1.165) is 29.5 Å². The lowest BCUT2D eigenvalue weighted by Crippen LogP contribution is -2.54. The summed E-state index contributed by atoms with van der Waals surface area (Å²) in [6.07, 6.45) is 5.77. The van der Waals surface area contributed by atoms with Crippen LogP contribution in [0.4, 0.5) is 4.79 Å². The number of hydrogen-bond donors (Lipinski definition) is 1. The largest absolute Gasteiger partial charge is 0.416 e. The van der Waals surface area contributed by atoms with Crippen LogP contribution in [0.1, 0.15) is 48.0 Å². The Labute approximate surface area is 205 Å². The van der Waals surface area contributed by atoms with Crippen molar-refractivity contribution in [1.29, 1.82) is 0 Å². The number of carbonyl (C=O) groups excluding carboxylic acids is 2. The summed E-state index contributed by atoms with van der Waals surface area (Å²) in [6, 6.07) is 15.4. The van der Waals surface area contributed by atoms with Crippen LogP contribution in [0.5, 0.6) is 0 Å². The van der Waals surface area contributed by atoms with E-state index in [4.69, 9.17) is 4.42 Å². The van der Waals surface area contributed by atoms with Gasteiger partial charge in [0.1, 0.15) is 0 Å². The number of rotatable bonds is 4. The average molecular weight is 474 g/mol. The molecule has 0 radical (unpaired) electrons. The summed E-state index contributed by atoms with van der Waals surface area (Å²) in [5.41, 5.74) is 3.36. The van der Waals surface area contributed by atoms with Gasteiger partial charge < -0.3 is 19.5 Å². The van der Waals surface area contributed by atoms with Crippen molar-refractivity contribution >= 4 is 11.9 Å². The van der Waals surface area contributed by atoms with Crippen molar-refractivity contribution in [2.75, 3.05) is 26.2 Å². The number of urea groups is 1. The fourth-order valence-corrected chi connectivity index (χ4v) is 4.80. The van der Waals surface area contributed by atoms with Crippen LogP contribution in [0.2, 0.25) is 0 Å². The molecule has 2 fully saturated rings. The Kier molecular flexibility index (Phi) is 6.79. The van der Waals surface area contributed by atoms with Gasteiger partial charge in [-0.05, 0) is 56.2 Å². The third kappa shape index (κ3) is 5.37. The van der Waals surface area contributed by atoms with Crippen LogP contribution in [0, 0.1) is 6.92 Å². The molecule has 3 amide bonds. The SMILES string of the molecule is Cc1cccc(-c2nnc(-c3ccc(C(=O)N4CCN(C(=O)NC5CCCCC5)CC4)cc3)o2)c1. The maximum atomic E-state index is 13.0. The fraction of sp³-hybridized carbons (Fsp3) is 0.407. The predicted octanol–water partition coefficient (Wildman–Crippen LogP) is 4.51. The van der Waals surface area contributed by atoms with Gasteiger partial charge in [0, 0.05) is 48.9 Å². The molecule has 1 saturated carbocycles. The van der Waals surface area contributed by atoms with Crippen molar-refractivity contribution in [2.24, 2.45) is 0 Å². The lowest BCUT2D eigenvalue weighted by molar-refractivity contribution is 0.0662. The molecule has 1 aromatic heterocycles. The molecule has 8 heteroatoms. The Morgan fingerprint density at radius 2 is 1.51 bits per heavy atom. The van der Waals surface area contributed by atoms with E-state index in [9.17, 15) is 9.59 Å². The average Bonchev–Trinajstić information content (AvgIpc) is 3.40. The molecule has 1 saturated heterocycles. The second-order valence-electron chi connectivity index (χ2n) is 9.42. The maximum Gasteiger partial charge on any atom is 0.317 e. The maximum absolute atomic E-state index is 13.0. The van der Waals surface area contributed by atoms with Crippen molar-refractivity contribution in [1.82, 2.24) is 25.3 Å². The molecule has 0 atom stereocenters. The van der Waals surface area contributed by atoms with E-state index < -0.39 is 0 Å². The standard InChI is InChI=1S/C27H31N5O3/c1-19-6-5-7-22(18-19)25-30-29-24(35-25)20-10-12-21(13-11-20)26(33)31-14-16-32(17-15-31)27(34)28-23-8-3-2-4-9-23/h5-7,10-13,18,23H,2-4,8-9,14-17H2,1H3,(H,28,34). The van der Waals surface area contributed by atoms with E-state index in [1.54, 1.807) is 12.1 Å². The molecule has 0 unspecified atom stereocenters. The van der Waals surface area contributed by atoms with E-state index in [1.807, 2.05) is 53.1 Å². The van der Waals surface area contributed by atoms with Gasteiger partial charge in [-0.15, -0.1) is 10.2 Å². The number of aromatic nitrogens is 2. The fourth-order valence-electron chi connectivity index (χ4n) is 4.80. The van der Waals surface area contributed by atoms with E-state index in [-0.39, 0.29) is 11.9 Å². The highest BCUT2D eigenvalue weighted by Gasteiger charge is 2.26. The number of hydrogen-bond acceptors (Lipinski definition) is 5. The smallest absolute Gasteiger partial charge is 0.317 e. The third-order valence-electron chi connectivity index (χ3n) is 6.86. The van der Waals surface area contributed by atoms with Crippen LogP contribution >= 0.6 is 0 Å². The molecule has 2 aromatic carbocycles. The lowest BCUT2D eigenvalue weighted by Gasteiger charge is -2.36. The first-order chi connectivity index (χ1) is 17.1. The van der Waals surface area contributed by atoms with Crippen LogP contribution in [-0.4, -0.2) is 64.2 Å². The highest BCUT2D eigenvalue weighted by atomic mass is 16.4. The molecule has 2 heterocycles. The predicted molar refractivity (Wildman–Crippen MR) is 133 cm³/mol. The number of nitrogens with one attached hydrogen (secondary N) is 1. The number of amides is 3. The van der Waals surface area contributed by atoms with Crippen molar-refractivity contribution in [2.45, 2.75) is 45.1 Å². The first-order valence-corrected chi connectivity index (χ1v) is 12.4. The van der Waals surface area contributed by atoms with Crippen molar-refractivity contribution in [3.05, 3.63) is 59.7 Å². The number of benzene rings is 2. The molecule has 2 aliphatic rings. The zero-order valence-electron chi connectivity index (χ0n) is 20.1. The Morgan fingerprint density at radius 3 is 2.20 bits per heavy atom. The summed E-state index contributed by atoms with van der Waals surface area (Å²) in [7, 11) is 0. The summed E-state index contributed by atoms with van der Waals surface area (Å²) < 4.78 is 5.86. The lowest BCUT2D eigenvalue weighted by atomic mass is 9.96. The van der Waals surface area contributed by atoms with E-state index in [0.29, 0.717) is 49.6 Å². The topological polar surface area (TPSA) is 91.6 Å². The molecule has 1 aliphatic heterocycles.